The number of carbonyl (C=O) groups excluding carboxylic acids is 2. The average Bonchev–Trinajstić information content (AvgIpc) is 2.52. The molecule has 6 heteroatoms. The fourth-order valence-corrected chi connectivity index (χ4v) is 1.86. The summed E-state index contributed by atoms with van der Waals surface area (Å²) in [6, 6.07) is 10.5. The number of nitrogens with one attached hydrogen (secondary N) is 2. The number of halogens is 1. The third-order valence-corrected chi connectivity index (χ3v) is 3.14. The lowest BCUT2D eigenvalue weighted by molar-refractivity contribution is -0.120. The van der Waals surface area contributed by atoms with Gasteiger partial charge in [0.2, 0.25) is 5.91 Å². The Labute approximate surface area is 127 Å². The predicted molar refractivity (Wildman–Crippen MR) is 79.9 cm³/mol. The van der Waals surface area contributed by atoms with E-state index >= 15 is 0 Å². The number of pyridine rings is 1. The maximum atomic E-state index is 11.7. The van der Waals surface area contributed by atoms with Crippen molar-refractivity contribution in [2.24, 2.45) is 0 Å². The van der Waals surface area contributed by atoms with E-state index in [9.17, 15) is 9.59 Å². The zero-order valence-corrected chi connectivity index (χ0v) is 11.9. The van der Waals surface area contributed by atoms with Crippen molar-refractivity contribution in [3.05, 3.63) is 64.9 Å². The third-order valence-electron chi connectivity index (χ3n) is 2.77. The van der Waals surface area contributed by atoms with Crippen LogP contribution in [0, 0.1) is 0 Å². The molecule has 0 saturated carbocycles. The molecule has 5 nitrogen and oxygen atoms in total. The second kappa shape index (κ2) is 7.40. The Morgan fingerprint density at radius 2 is 1.90 bits per heavy atom. The first-order valence-electron chi connectivity index (χ1n) is 6.35. The van der Waals surface area contributed by atoms with Gasteiger partial charge in [-0.05, 0) is 23.8 Å². The molecule has 0 bridgehead atoms. The van der Waals surface area contributed by atoms with Gasteiger partial charge in [0.1, 0.15) is 0 Å². The monoisotopic (exact) mass is 303 g/mol. The van der Waals surface area contributed by atoms with Crippen LogP contribution in [0.15, 0.2) is 48.8 Å². The van der Waals surface area contributed by atoms with Crippen LogP contribution in [0.3, 0.4) is 0 Å². The summed E-state index contributed by atoms with van der Waals surface area (Å²) >= 11 is 5.99. The molecule has 0 unspecified atom stereocenters. The largest absolute Gasteiger partial charge is 0.350 e. The van der Waals surface area contributed by atoms with Gasteiger partial charge in [-0.2, -0.15) is 0 Å². The maximum Gasteiger partial charge on any atom is 0.253 e. The quantitative estimate of drug-likeness (QED) is 0.884. The summed E-state index contributed by atoms with van der Waals surface area (Å²) in [5, 5.41) is 5.81. The minimum Gasteiger partial charge on any atom is -0.350 e. The molecule has 1 aromatic heterocycles. The molecule has 2 aromatic rings. The van der Waals surface area contributed by atoms with E-state index in [4.69, 9.17) is 11.6 Å². The zero-order chi connectivity index (χ0) is 15.1. The van der Waals surface area contributed by atoms with Crippen molar-refractivity contribution in [3.63, 3.8) is 0 Å². The van der Waals surface area contributed by atoms with Crippen LogP contribution >= 0.6 is 11.6 Å². The first-order valence-corrected chi connectivity index (χ1v) is 6.73. The van der Waals surface area contributed by atoms with Crippen molar-refractivity contribution in [3.8, 4) is 0 Å². The highest BCUT2D eigenvalue weighted by Gasteiger charge is 2.08. The molecule has 0 aliphatic heterocycles. The first-order chi connectivity index (χ1) is 10.2. The van der Waals surface area contributed by atoms with Gasteiger partial charge in [0.25, 0.3) is 5.91 Å². The van der Waals surface area contributed by atoms with Gasteiger partial charge in [-0.25, -0.2) is 0 Å². The fourth-order valence-electron chi connectivity index (χ4n) is 1.66. The molecule has 1 heterocycles. The lowest BCUT2D eigenvalue weighted by atomic mass is 10.2. The van der Waals surface area contributed by atoms with E-state index in [1.54, 1.807) is 24.4 Å². The Kier molecular flexibility index (Phi) is 5.29. The summed E-state index contributed by atoms with van der Waals surface area (Å²) < 4.78 is 0. The lowest BCUT2D eigenvalue weighted by Gasteiger charge is -2.08. The summed E-state index contributed by atoms with van der Waals surface area (Å²) in [6.07, 6.45) is 3.02. The summed E-state index contributed by atoms with van der Waals surface area (Å²) in [6.45, 7) is 0.222. The molecule has 0 spiro atoms. The Bertz CT molecular complexity index is 632. The SMILES string of the molecule is O=C(CNC(=O)c1cccnc1)NCc1ccccc1Cl. The van der Waals surface area contributed by atoms with Gasteiger partial charge < -0.3 is 10.6 Å². The van der Waals surface area contributed by atoms with Crippen LogP contribution in [0.4, 0.5) is 0 Å². The van der Waals surface area contributed by atoms with Crippen LogP contribution in [-0.2, 0) is 11.3 Å². The molecule has 0 aliphatic carbocycles. The number of hydrogen-bond acceptors (Lipinski definition) is 3. The van der Waals surface area contributed by atoms with Gasteiger partial charge in [0.15, 0.2) is 0 Å². The Morgan fingerprint density at radius 3 is 2.62 bits per heavy atom. The van der Waals surface area contributed by atoms with E-state index in [-0.39, 0.29) is 18.4 Å². The van der Waals surface area contributed by atoms with E-state index in [1.165, 1.54) is 6.20 Å². The summed E-state index contributed by atoms with van der Waals surface area (Å²) in [4.78, 5) is 27.2. The van der Waals surface area contributed by atoms with Gasteiger partial charge in [0.05, 0.1) is 12.1 Å². The topological polar surface area (TPSA) is 71.1 Å². The predicted octanol–water partition coefficient (Wildman–Crippen LogP) is 1.78. The highest BCUT2D eigenvalue weighted by molar-refractivity contribution is 6.31. The van der Waals surface area contributed by atoms with Gasteiger partial charge in [-0.15, -0.1) is 0 Å². The minimum atomic E-state index is -0.337. The van der Waals surface area contributed by atoms with Crippen LogP contribution in [-0.4, -0.2) is 23.3 Å². The molecule has 21 heavy (non-hydrogen) atoms. The number of nitrogens with zero attached hydrogens (tertiary/aromatic N) is 1. The number of rotatable bonds is 5. The van der Waals surface area contributed by atoms with Crippen molar-refractivity contribution in [1.82, 2.24) is 15.6 Å². The number of carbonyl (C=O) groups is 2. The van der Waals surface area contributed by atoms with Crippen LogP contribution in [0.2, 0.25) is 5.02 Å². The van der Waals surface area contributed by atoms with Crippen molar-refractivity contribution in [1.29, 1.82) is 0 Å². The lowest BCUT2D eigenvalue weighted by Crippen LogP contribution is -2.36. The molecular weight excluding hydrogens is 290 g/mol. The molecule has 0 aliphatic rings. The van der Waals surface area contributed by atoms with Gasteiger partial charge in [0, 0.05) is 24.0 Å². The van der Waals surface area contributed by atoms with Crippen molar-refractivity contribution in [2.75, 3.05) is 6.54 Å². The first kappa shape index (κ1) is 15.0. The van der Waals surface area contributed by atoms with Crippen molar-refractivity contribution < 1.29 is 9.59 Å². The molecule has 0 saturated heterocycles. The molecule has 0 atom stereocenters. The number of aromatic nitrogens is 1. The highest BCUT2D eigenvalue weighted by Crippen LogP contribution is 2.14. The molecule has 0 radical (unpaired) electrons. The average molecular weight is 304 g/mol. The van der Waals surface area contributed by atoms with E-state index < -0.39 is 0 Å². The summed E-state index contributed by atoms with van der Waals surface area (Å²) in [5.41, 5.74) is 1.24. The number of hydrogen-bond donors (Lipinski definition) is 2. The zero-order valence-electron chi connectivity index (χ0n) is 11.2. The number of benzene rings is 1. The molecule has 2 rings (SSSR count). The highest BCUT2D eigenvalue weighted by atomic mass is 35.5. The second-order valence-electron chi connectivity index (χ2n) is 4.29. The molecule has 108 valence electrons. The molecule has 0 fully saturated rings. The maximum absolute atomic E-state index is 11.7. The standard InChI is InChI=1S/C15H14ClN3O2/c16-13-6-2-1-4-11(13)9-18-14(20)10-19-15(21)12-5-3-7-17-8-12/h1-8H,9-10H2,(H,18,20)(H,19,21). The van der Waals surface area contributed by atoms with Gasteiger partial charge >= 0.3 is 0 Å². The van der Waals surface area contributed by atoms with Crippen LogP contribution in [0.5, 0.6) is 0 Å². The van der Waals surface area contributed by atoms with Crippen molar-refractivity contribution in [2.45, 2.75) is 6.54 Å². The normalized spacial score (nSPS) is 9.95. The minimum absolute atomic E-state index is 0.0990. The number of amides is 2. The van der Waals surface area contributed by atoms with Crippen LogP contribution < -0.4 is 10.6 Å². The second-order valence-corrected chi connectivity index (χ2v) is 4.70. The molecule has 1 aromatic carbocycles. The Balaban J connectivity index is 1.78. The van der Waals surface area contributed by atoms with E-state index in [2.05, 4.69) is 15.6 Å². The summed E-state index contributed by atoms with van der Waals surface area (Å²) in [5.74, 6) is -0.622. The Hall–Kier alpha value is -2.40. The van der Waals surface area contributed by atoms with Crippen molar-refractivity contribution >= 4 is 23.4 Å². The molecular formula is C15H14ClN3O2. The van der Waals surface area contributed by atoms with E-state index in [1.807, 2.05) is 18.2 Å². The van der Waals surface area contributed by atoms with Gasteiger partial charge in [-0.3, -0.25) is 14.6 Å². The summed E-state index contributed by atoms with van der Waals surface area (Å²) in [7, 11) is 0. The smallest absolute Gasteiger partial charge is 0.253 e. The van der Waals surface area contributed by atoms with Crippen LogP contribution in [0.1, 0.15) is 15.9 Å². The third kappa shape index (κ3) is 4.57. The molecule has 2 amide bonds. The van der Waals surface area contributed by atoms with E-state index in [0.29, 0.717) is 17.1 Å². The van der Waals surface area contributed by atoms with E-state index in [0.717, 1.165) is 5.56 Å². The van der Waals surface area contributed by atoms with Gasteiger partial charge in [-0.1, -0.05) is 29.8 Å². The Morgan fingerprint density at radius 1 is 1.10 bits per heavy atom. The van der Waals surface area contributed by atoms with Crippen LogP contribution in [0.25, 0.3) is 0 Å². The fraction of sp³-hybridized carbons (Fsp3) is 0.133. The molecule has 2 N–H and O–H groups in total.